The van der Waals surface area contributed by atoms with Crippen molar-refractivity contribution in [3.8, 4) is 5.75 Å². The van der Waals surface area contributed by atoms with E-state index >= 15 is 0 Å². The highest BCUT2D eigenvalue weighted by Crippen LogP contribution is 2.38. The summed E-state index contributed by atoms with van der Waals surface area (Å²) in [5, 5.41) is 34.9. The minimum Gasteiger partial charge on any atom is -0.484 e. The summed E-state index contributed by atoms with van der Waals surface area (Å²) in [7, 11) is 0. The van der Waals surface area contributed by atoms with Crippen molar-refractivity contribution >= 4 is 23.4 Å². The van der Waals surface area contributed by atoms with Gasteiger partial charge in [-0.25, -0.2) is 4.79 Å². The first-order chi connectivity index (χ1) is 21.5. The number of hydrogen-bond donors (Lipinski definition) is 6. The third-order valence-electron chi connectivity index (χ3n) is 8.25. The number of aryl methyl sites for hydroxylation is 1. The van der Waals surface area contributed by atoms with Crippen LogP contribution in [0, 0.1) is 28.6 Å². The molecule has 0 unspecified atom stereocenters. The van der Waals surface area contributed by atoms with Gasteiger partial charge in [-0.1, -0.05) is 62.7 Å². The van der Waals surface area contributed by atoms with Gasteiger partial charge in [0.2, 0.25) is 5.96 Å². The standard InChI is InChI=1S/C35H44N8O2/c1-23-11-13-24(14-12-23)39-32(21-30(36)35(2,3)4)41-34(44)40-28-16-17-29(27-10-6-5-9-26(27)28)45-25-15-18-31(37)43(22-25)33(38)42-19-7-8-20-42/h5-6,9-15,18,21-22,28-29,36-39H,7-8,16-17,19-20H2,1-4H3,(H2,40,41,44)/b32-21+,36-30?,37-31?,38-33?/t28-,29+/m0/s1. The number of benzene rings is 2. The zero-order valence-electron chi connectivity index (χ0n) is 26.5. The molecule has 5 rings (SSSR count). The van der Waals surface area contributed by atoms with Crippen LogP contribution in [0.1, 0.15) is 75.3 Å². The number of nitrogens with one attached hydrogen (secondary N) is 6. The molecule has 1 saturated heterocycles. The SMILES string of the molecule is Cc1ccc(N/C(=C\C(=N)C(C)(C)C)NC(=O)N[C@H]2CC[C@@H](Oc3ccc(=N)n(C(=N)N4CCCC4)c3)c3ccccc32)cc1. The van der Waals surface area contributed by atoms with E-state index in [0.29, 0.717) is 36.1 Å². The second-order valence-corrected chi connectivity index (χ2v) is 12.8. The second kappa shape index (κ2) is 13.4. The number of anilines is 1. The van der Waals surface area contributed by atoms with E-state index in [4.69, 9.17) is 21.0 Å². The van der Waals surface area contributed by atoms with Crippen LogP contribution in [0.4, 0.5) is 10.5 Å². The summed E-state index contributed by atoms with van der Waals surface area (Å²) in [5.74, 6) is 1.31. The number of carbonyl (C=O) groups excluding carboxylic acids is 1. The third kappa shape index (κ3) is 7.81. The smallest absolute Gasteiger partial charge is 0.320 e. The van der Waals surface area contributed by atoms with E-state index in [1.165, 1.54) is 0 Å². The number of urea groups is 1. The average Bonchev–Trinajstić information content (AvgIpc) is 3.55. The first kappa shape index (κ1) is 31.6. The maximum Gasteiger partial charge on any atom is 0.320 e. The first-order valence-electron chi connectivity index (χ1n) is 15.6. The van der Waals surface area contributed by atoms with Crippen LogP contribution >= 0.6 is 0 Å². The molecule has 45 heavy (non-hydrogen) atoms. The normalized spacial score (nSPS) is 18.1. The fourth-order valence-corrected chi connectivity index (χ4v) is 5.57. The topological polar surface area (TPSA) is 142 Å². The van der Waals surface area contributed by atoms with Gasteiger partial charge in [-0.2, -0.15) is 0 Å². The summed E-state index contributed by atoms with van der Waals surface area (Å²) in [6, 6.07) is 18.7. The van der Waals surface area contributed by atoms with Gasteiger partial charge in [0.25, 0.3) is 0 Å². The number of fused-ring (bicyclic) bond motifs is 1. The maximum atomic E-state index is 13.4. The molecule has 2 amide bonds. The lowest BCUT2D eigenvalue weighted by atomic mass is 9.85. The molecule has 0 radical (unpaired) electrons. The number of allylic oxidation sites excluding steroid dienone is 1. The fraction of sp³-hybridized carbons (Fsp3) is 0.371. The molecule has 2 aliphatic rings. The van der Waals surface area contributed by atoms with Crippen molar-refractivity contribution in [2.45, 2.75) is 65.5 Å². The van der Waals surface area contributed by atoms with Crippen LogP contribution in [0.15, 0.2) is 78.8 Å². The van der Waals surface area contributed by atoms with Crippen molar-refractivity contribution in [3.63, 3.8) is 0 Å². The van der Waals surface area contributed by atoms with Gasteiger partial charge < -0.3 is 25.7 Å². The molecule has 6 N–H and O–H groups in total. The largest absolute Gasteiger partial charge is 0.484 e. The van der Waals surface area contributed by atoms with Crippen molar-refractivity contribution in [2.24, 2.45) is 5.41 Å². The van der Waals surface area contributed by atoms with Gasteiger partial charge in [0, 0.05) is 36.0 Å². The number of carbonyl (C=O) groups is 1. The Morgan fingerprint density at radius 3 is 2.33 bits per heavy atom. The minimum atomic E-state index is -0.385. The molecule has 1 aliphatic heterocycles. The summed E-state index contributed by atoms with van der Waals surface area (Å²) in [6.45, 7) is 9.56. The van der Waals surface area contributed by atoms with Gasteiger partial charge in [0.05, 0.1) is 12.2 Å². The Labute approximate surface area is 265 Å². The molecule has 1 fully saturated rings. The van der Waals surface area contributed by atoms with Crippen LogP contribution in [-0.4, -0.2) is 40.3 Å². The molecule has 3 aromatic rings. The van der Waals surface area contributed by atoms with E-state index in [2.05, 4.69) is 16.0 Å². The number of rotatable bonds is 7. The van der Waals surface area contributed by atoms with Gasteiger partial charge in [0.15, 0.2) is 0 Å². The van der Waals surface area contributed by atoms with E-state index in [1.54, 1.807) is 29.0 Å². The van der Waals surface area contributed by atoms with Gasteiger partial charge in [-0.05, 0) is 68.0 Å². The van der Waals surface area contributed by atoms with Crippen molar-refractivity contribution in [2.75, 3.05) is 18.4 Å². The van der Waals surface area contributed by atoms with Crippen molar-refractivity contribution in [3.05, 3.63) is 101 Å². The Bertz CT molecular complexity index is 1650. The monoisotopic (exact) mass is 608 g/mol. The van der Waals surface area contributed by atoms with E-state index in [9.17, 15) is 4.79 Å². The molecule has 0 saturated carbocycles. The molecule has 10 heteroatoms. The molecule has 236 valence electrons. The Hall–Kier alpha value is -4.86. The summed E-state index contributed by atoms with van der Waals surface area (Å²) >= 11 is 0. The average molecular weight is 609 g/mol. The predicted molar refractivity (Wildman–Crippen MR) is 178 cm³/mol. The van der Waals surface area contributed by atoms with Crippen LogP contribution in [0.2, 0.25) is 0 Å². The Morgan fingerprint density at radius 1 is 0.956 bits per heavy atom. The molecule has 0 spiro atoms. The van der Waals surface area contributed by atoms with Crippen molar-refractivity contribution in [1.29, 1.82) is 16.2 Å². The molecule has 0 bridgehead atoms. The van der Waals surface area contributed by atoms with Crippen LogP contribution in [0.5, 0.6) is 5.75 Å². The Balaban J connectivity index is 1.30. The van der Waals surface area contributed by atoms with Crippen molar-refractivity contribution < 1.29 is 9.53 Å². The van der Waals surface area contributed by atoms with Gasteiger partial charge >= 0.3 is 6.03 Å². The molecular weight excluding hydrogens is 564 g/mol. The fourth-order valence-electron chi connectivity index (χ4n) is 5.57. The van der Waals surface area contributed by atoms with Crippen molar-refractivity contribution in [1.82, 2.24) is 20.1 Å². The van der Waals surface area contributed by atoms with Crippen LogP contribution in [-0.2, 0) is 0 Å². The highest BCUT2D eigenvalue weighted by atomic mass is 16.5. The molecule has 1 aliphatic carbocycles. The van der Waals surface area contributed by atoms with Crippen LogP contribution in [0.25, 0.3) is 0 Å². The summed E-state index contributed by atoms with van der Waals surface area (Å²) < 4.78 is 8.04. The Morgan fingerprint density at radius 2 is 1.64 bits per heavy atom. The molecule has 1 aromatic heterocycles. The molecular formula is C35H44N8O2. The van der Waals surface area contributed by atoms with Gasteiger partial charge in [-0.15, -0.1) is 0 Å². The van der Waals surface area contributed by atoms with E-state index in [-0.39, 0.29) is 29.1 Å². The molecule has 10 nitrogen and oxygen atoms in total. The number of nitrogens with zero attached hydrogens (tertiary/aromatic N) is 2. The maximum absolute atomic E-state index is 13.4. The highest BCUT2D eigenvalue weighted by molar-refractivity contribution is 5.97. The van der Waals surface area contributed by atoms with Crippen LogP contribution in [0.3, 0.4) is 0 Å². The van der Waals surface area contributed by atoms with E-state index < -0.39 is 0 Å². The zero-order valence-corrected chi connectivity index (χ0v) is 26.5. The molecule has 2 atom stereocenters. The summed E-state index contributed by atoms with van der Waals surface area (Å²) in [4.78, 5) is 15.4. The van der Waals surface area contributed by atoms with E-state index in [1.807, 2.05) is 81.1 Å². The second-order valence-electron chi connectivity index (χ2n) is 12.8. The lowest BCUT2D eigenvalue weighted by molar-refractivity contribution is 0.170. The number of aromatic nitrogens is 1. The third-order valence-corrected chi connectivity index (χ3v) is 8.25. The van der Waals surface area contributed by atoms with Gasteiger partial charge in [-0.3, -0.25) is 20.7 Å². The lowest BCUT2D eigenvalue weighted by Crippen LogP contribution is -2.41. The first-order valence-corrected chi connectivity index (χ1v) is 15.6. The lowest BCUT2D eigenvalue weighted by Gasteiger charge is -2.32. The molecule has 2 aromatic carbocycles. The summed E-state index contributed by atoms with van der Waals surface area (Å²) in [6.07, 6.45) is 6.60. The van der Waals surface area contributed by atoms with Crippen LogP contribution < -0.4 is 26.2 Å². The molecule has 2 heterocycles. The zero-order chi connectivity index (χ0) is 32.1. The number of hydrogen-bond acceptors (Lipinski definition) is 6. The number of pyridine rings is 1. The number of amides is 2. The highest BCUT2D eigenvalue weighted by Gasteiger charge is 2.30. The quantitative estimate of drug-likeness (QED) is 0.136. The summed E-state index contributed by atoms with van der Waals surface area (Å²) in [5.41, 5.74) is 4.16. The minimum absolute atomic E-state index is 0.229. The number of likely N-dealkylation sites (tertiary alicyclic amines) is 1. The Kier molecular flexibility index (Phi) is 9.41. The van der Waals surface area contributed by atoms with E-state index in [0.717, 1.165) is 48.3 Å². The van der Waals surface area contributed by atoms with Gasteiger partial charge in [0.1, 0.15) is 23.2 Å². The number of ether oxygens (including phenoxy) is 1. The predicted octanol–water partition coefficient (Wildman–Crippen LogP) is 6.43.